The van der Waals surface area contributed by atoms with E-state index in [1.165, 1.54) is 11.6 Å². The van der Waals surface area contributed by atoms with Crippen LogP contribution in [0.25, 0.3) is 0 Å². The van der Waals surface area contributed by atoms with E-state index in [-0.39, 0.29) is 17.9 Å². The number of hydrogen-bond donors (Lipinski definition) is 2. The van der Waals surface area contributed by atoms with Gasteiger partial charge in [0, 0.05) is 31.6 Å². The molecule has 0 bridgehead atoms. The quantitative estimate of drug-likeness (QED) is 0.759. The SMILES string of the molecule is Fc1ccc(CN2C[C@@H](c3ccccc3)[C@H](C3CC(C(F)F)NN3)C2)cc1F. The lowest BCUT2D eigenvalue weighted by Crippen LogP contribution is -2.40. The van der Waals surface area contributed by atoms with E-state index in [4.69, 9.17) is 0 Å². The van der Waals surface area contributed by atoms with Gasteiger partial charge in [0.25, 0.3) is 6.43 Å². The van der Waals surface area contributed by atoms with Crippen LogP contribution in [-0.2, 0) is 6.54 Å². The number of hydrogen-bond acceptors (Lipinski definition) is 3. The zero-order chi connectivity index (χ0) is 19.7. The van der Waals surface area contributed by atoms with Gasteiger partial charge in [0.05, 0.1) is 6.04 Å². The average molecular weight is 393 g/mol. The molecule has 0 aromatic heterocycles. The van der Waals surface area contributed by atoms with E-state index >= 15 is 0 Å². The smallest absolute Gasteiger partial charge is 0.255 e. The first-order valence-electron chi connectivity index (χ1n) is 9.51. The van der Waals surface area contributed by atoms with E-state index in [2.05, 4.69) is 27.9 Å². The summed E-state index contributed by atoms with van der Waals surface area (Å²) in [5.74, 6) is -1.38. The third-order valence-corrected chi connectivity index (χ3v) is 5.84. The topological polar surface area (TPSA) is 27.3 Å². The lowest BCUT2D eigenvalue weighted by atomic mass is 9.82. The molecule has 3 nitrogen and oxygen atoms in total. The maximum absolute atomic E-state index is 13.6. The van der Waals surface area contributed by atoms with Gasteiger partial charge in [0.15, 0.2) is 11.6 Å². The fraction of sp³-hybridized carbons (Fsp3) is 0.429. The number of hydrazine groups is 1. The molecule has 2 aromatic carbocycles. The van der Waals surface area contributed by atoms with Crippen molar-refractivity contribution >= 4 is 0 Å². The van der Waals surface area contributed by atoms with Crippen molar-refractivity contribution in [2.45, 2.75) is 37.4 Å². The van der Waals surface area contributed by atoms with Crippen LogP contribution >= 0.6 is 0 Å². The molecule has 28 heavy (non-hydrogen) atoms. The Morgan fingerprint density at radius 3 is 2.43 bits per heavy atom. The van der Waals surface area contributed by atoms with E-state index in [1.54, 1.807) is 6.07 Å². The highest BCUT2D eigenvalue weighted by Crippen LogP contribution is 2.38. The normalized spacial score (nSPS) is 28.3. The van der Waals surface area contributed by atoms with Crippen LogP contribution in [0.2, 0.25) is 0 Å². The number of rotatable bonds is 5. The molecule has 150 valence electrons. The Morgan fingerprint density at radius 1 is 0.964 bits per heavy atom. The molecule has 0 spiro atoms. The molecule has 2 unspecified atom stereocenters. The summed E-state index contributed by atoms with van der Waals surface area (Å²) in [4.78, 5) is 2.19. The van der Waals surface area contributed by atoms with Gasteiger partial charge in [-0.25, -0.2) is 23.0 Å². The molecule has 2 aliphatic rings. The van der Waals surface area contributed by atoms with Crippen molar-refractivity contribution < 1.29 is 17.6 Å². The van der Waals surface area contributed by atoms with Gasteiger partial charge in [0.2, 0.25) is 0 Å². The summed E-state index contributed by atoms with van der Waals surface area (Å²) in [7, 11) is 0. The molecule has 2 saturated heterocycles. The molecule has 4 rings (SSSR count). The second-order valence-corrected chi connectivity index (χ2v) is 7.70. The number of nitrogens with one attached hydrogen (secondary N) is 2. The second-order valence-electron chi connectivity index (χ2n) is 7.70. The van der Waals surface area contributed by atoms with Crippen molar-refractivity contribution in [1.82, 2.24) is 15.8 Å². The maximum Gasteiger partial charge on any atom is 0.255 e. The predicted octanol–water partition coefficient (Wildman–Crippen LogP) is 3.68. The Bertz CT molecular complexity index is 801. The first-order valence-corrected chi connectivity index (χ1v) is 9.51. The average Bonchev–Trinajstić information content (AvgIpc) is 3.33. The standard InChI is InChI=1S/C21H23F4N3/c22-17-7-6-13(8-18(17)23)10-28-11-15(14-4-2-1-3-5-14)16(12-28)19-9-20(21(24)25)27-26-19/h1-8,15-16,19-21,26-27H,9-12H2/t15-,16+,19?,20?/m0/s1. The molecule has 0 amide bonds. The van der Waals surface area contributed by atoms with Crippen molar-refractivity contribution in [3.05, 3.63) is 71.3 Å². The molecule has 0 saturated carbocycles. The second kappa shape index (κ2) is 8.19. The number of alkyl halides is 2. The minimum absolute atomic E-state index is 0.0702. The van der Waals surface area contributed by atoms with Crippen molar-refractivity contribution in [2.75, 3.05) is 13.1 Å². The third kappa shape index (κ3) is 4.06. The first-order chi connectivity index (χ1) is 13.5. The van der Waals surface area contributed by atoms with Crippen LogP contribution in [0.15, 0.2) is 48.5 Å². The van der Waals surface area contributed by atoms with Crippen LogP contribution in [0.4, 0.5) is 17.6 Å². The van der Waals surface area contributed by atoms with Crippen molar-refractivity contribution in [3.8, 4) is 0 Å². The minimum Gasteiger partial charge on any atom is -0.298 e. The summed E-state index contributed by atoms with van der Waals surface area (Å²) < 4.78 is 52.9. The summed E-state index contributed by atoms with van der Waals surface area (Å²) in [6, 6.07) is 13.1. The molecular formula is C21H23F4N3. The van der Waals surface area contributed by atoms with Gasteiger partial charge in [-0.15, -0.1) is 0 Å². The van der Waals surface area contributed by atoms with E-state index in [0.717, 1.165) is 12.6 Å². The molecule has 4 atom stereocenters. The lowest BCUT2D eigenvalue weighted by molar-refractivity contribution is 0.104. The van der Waals surface area contributed by atoms with Gasteiger partial charge in [-0.3, -0.25) is 10.3 Å². The van der Waals surface area contributed by atoms with Crippen LogP contribution in [0.3, 0.4) is 0 Å². The molecule has 2 N–H and O–H groups in total. The third-order valence-electron chi connectivity index (χ3n) is 5.84. The number of nitrogens with zero attached hydrogens (tertiary/aromatic N) is 1. The van der Waals surface area contributed by atoms with Crippen LogP contribution in [0.5, 0.6) is 0 Å². The number of likely N-dealkylation sites (tertiary alicyclic amines) is 1. The van der Waals surface area contributed by atoms with Crippen molar-refractivity contribution in [3.63, 3.8) is 0 Å². The number of halogens is 4. The van der Waals surface area contributed by atoms with Gasteiger partial charge < -0.3 is 0 Å². The highest BCUT2D eigenvalue weighted by atomic mass is 19.3. The van der Waals surface area contributed by atoms with Gasteiger partial charge in [-0.1, -0.05) is 36.4 Å². The molecule has 2 aliphatic heterocycles. The van der Waals surface area contributed by atoms with Crippen molar-refractivity contribution in [1.29, 1.82) is 0 Å². The van der Waals surface area contributed by atoms with Gasteiger partial charge in [-0.2, -0.15) is 0 Å². The summed E-state index contributed by atoms with van der Waals surface area (Å²) >= 11 is 0. The van der Waals surface area contributed by atoms with Gasteiger partial charge >= 0.3 is 0 Å². The highest BCUT2D eigenvalue weighted by Gasteiger charge is 2.43. The zero-order valence-corrected chi connectivity index (χ0v) is 15.3. The predicted molar refractivity (Wildman–Crippen MR) is 98.8 cm³/mol. The molecular weight excluding hydrogens is 370 g/mol. The maximum atomic E-state index is 13.6. The van der Waals surface area contributed by atoms with Crippen molar-refractivity contribution in [2.24, 2.45) is 5.92 Å². The fourth-order valence-corrected chi connectivity index (χ4v) is 4.45. The summed E-state index contributed by atoms with van der Waals surface area (Å²) in [6.45, 7) is 1.94. The van der Waals surface area contributed by atoms with E-state index in [1.807, 2.05) is 18.2 Å². The Kier molecular flexibility index (Phi) is 5.66. The first kappa shape index (κ1) is 19.4. The van der Waals surface area contributed by atoms with Gasteiger partial charge in [-0.05, 0) is 35.6 Å². The Morgan fingerprint density at radius 2 is 1.75 bits per heavy atom. The summed E-state index contributed by atoms with van der Waals surface area (Å²) in [5, 5.41) is 0. The fourth-order valence-electron chi connectivity index (χ4n) is 4.45. The molecule has 2 aromatic rings. The van der Waals surface area contributed by atoms with Crippen LogP contribution in [-0.4, -0.2) is 36.5 Å². The molecule has 2 fully saturated rings. The Hall–Kier alpha value is -1.96. The molecule has 7 heteroatoms. The summed E-state index contributed by atoms with van der Waals surface area (Å²) in [6.07, 6.45) is -2.04. The monoisotopic (exact) mass is 393 g/mol. The van der Waals surface area contributed by atoms with E-state index in [9.17, 15) is 17.6 Å². The lowest BCUT2D eigenvalue weighted by Gasteiger charge is -2.24. The number of benzene rings is 2. The van der Waals surface area contributed by atoms with E-state index in [0.29, 0.717) is 25.1 Å². The zero-order valence-electron chi connectivity index (χ0n) is 15.3. The Labute approximate surface area is 161 Å². The molecule has 0 radical (unpaired) electrons. The summed E-state index contributed by atoms with van der Waals surface area (Å²) in [5.41, 5.74) is 7.66. The molecule has 0 aliphatic carbocycles. The minimum atomic E-state index is -2.41. The Balaban J connectivity index is 1.52. The van der Waals surface area contributed by atoms with Crippen LogP contribution < -0.4 is 10.9 Å². The van der Waals surface area contributed by atoms with Crippen LogP contribution in [0.1, 0.15) is 23.5 Å². The largest absolute Gasteiger partial charge is 0.298 e. The molecule has 2 heterocycles. The van der Waals surface area contributed by atoms with E-state index < -0.39 is 24.1 Å². The highest BCUT2D eigenvalue weighted by molar-refractivity contribution is 5.24. The van der Waals surface area contributed by atoms with Gasteiger partial charge in [0.1, 0.15) is 0 Å². The van der Waals surface area contributed by atoms with Crippen LogP contribution in [0, 0.1) is 17.6 Å².